The molecule has 1 aliphatic rings. The lowest BCUT2D eigenvalue weighted by Gasteiger charge is -2.32. The van der Waals surface area contributed by atoms with Gasteiger partial charge in [-0.2, -0.15) is 0 Å². The fraction of sp³-hybridized carbons (Fsp3) is 0.917. The second kappa shape index (κ2) is 5.50. The van der Waals surface area contributed by atoms with Crippen molar-refractivity contribution in [2.24, 2.45) is 5.92 Å². The van der Waals surface area contributed by atoms with Crippen molar-refractivity contribution >= 4 is 5.78 Å². The summed E-state index contributed by atoms with van der Waals surface area (Å²) in [7, 11) is 2.18. The first kappa shape index (κ1) is 11.7. The van der Waals surface area contributed by atoms with Crippen LogP contribution in [0.1, 0.15) is 46.0 Å². The molecule has 0 bridgehead atoms. The zero-order chi connectivity index (χ0) is 10.6. The third kappa shape index (κ3) is 3.41. The average Bonchev–Trinajstić information content (AvgIpc) is 2.16. The second-order valence-corrected chi connectivity index (χ2v) is 4.79. The van der Waals surface area contributed by atoms with E-state index in [9.17, 15) is 4.79 Å². The van der Waals surface area contributed by atoms with E-state index in [4.69, 9.17) is 0 Å². The Morgan fingerprint density at radius 1 is 1.43 bits per heavy atom. The predicted molar refractivity (Wildman–Crippen MR) is 59.3 cm³/mol. The summed E-state index contributed by atoms with van der Waals surface area (Å²) >= 11 is 0. The first-order valence-electron chi connectivity index (χ1n) is 5.84. The first-order valence-corrected chi connectivity index (χ1v) is 5.84. The lowest BCUT2D eigenvalue weighted by molar-refractivity contribution is -0.122. The van der Waals surface area contributed by atoms with Gasteiger partial charge in [0.05, 0.1) is 0 Å². The van der Waals surface area contributed by atoms with Crippen molar-refractivity contribution in [3.63, 3.8) is 0 Å². The number of carbonyl (C=O) groups is 1. The Balaban J connectivity index is 2.26. The highest BCUT2D eigenvalue weighted by Crippen LogP contribution is 2.19. The van der Waals surface area contributed by atoms with Gasteiger partial charge in [0, 0.05) is 18.4 Å². The van der Waals surface area contributed by atoms with Crippen LogP contribution in [0, 0.1) is 5.92 Å². The molecule has 1 fully saturated rings. The number of nitrogens with zero attached hydrogens (tertiary/aromatic N) is 1. The minimum absolute atomic E-state index is 0.212. The van der Waals surface area contributed by atoms with E-state index in [0.29, 0.717) is 11.8 Å². The molecule has 1 saturated heterocycles. The minimum atomic E-state index is 0.212. The number of carbonyl (C=O) groups excluding carboxylic acids is 1. The van der Waals surface area contributed by atoms with Gasteiger partial charge in [-0.3, -0.25) is 4.79 Å². The molecule has 1 heterocycles. The molecule has 1 aliphatic heterocycles. The number of hydrogen-bond donors (Lipinski definition) is 0. The Bertz CT molecular complexity index is 189. The van der Waals surface area contributed by atoms with Crippen LogP contribution in [-0.4, -0.2) is 30.3 Å². The van der Waals surface area contributed by atoms with Gasteiger partial charge in [-0.1, -0.05) is 20.3 Å². The van der Waals surface area contributed by atoms with E-state index in [0.717, 1.165) is 12.8 Å². The Hall–Kier alpha value is -0.370. The molecule has 1 unspecified atom stereocenters. The van der Waals surface area contributed by atoms with E-state index in [1.165, 1.54) is 25.8 Å². The highest BCUT2D eigenvalue weighted by atomic mass is 16.1. The van der Waals surface area contributed by atoms with E-state index in [2.05, 4.69) is 11.9 Å². The fourth-order valence-corrected chi connectivity index (χ4v) is 2.11. The molecule has 1 atom stereocenters. The van der Waals surface area contributed by atoms with Crippen molar-refractivity contribution in [2.45, 2.75) is 52.0 Å². The van der Waals surface area contributed by atoms with Gasteiger partial charge in [-0.25, -0.2) is 0 Å². The van der Waals surface area contributed by atoms with Crippen molar-refractivity contribution in [3.05, 3.63) is 0 Å². The van der Waals surface area contributed by atoms with Crippen LogP contribution in [0.5, 0.6) is 0 Å². The molecule has 1 rings (SSSR count). The average molecular weight is 197 g/mol. The summed E-state index contributed by atoms with van der Waals surface area (Å²) in [5.41, 5.74) is 0. The smallest absolute Gasteiger partial charge is 0.135 e. The number of ketones is 1. The highest BCUT2D eigenvalue weighted by Gasteiger charge is 2.19. The largest absolute Gasteiger partial charge is 0.303 e. The summed E-state index contributed by atoms with van der Waals surface area (Å²) in [5.74, 6) is 0.632. The number of hydrogen-bond acceptors (Lipinski definition) is 2. The van der Waals surface area contributed by atoms with Crippen LogP contribution in [0.2, 0.25) is 0 Å². The number of piperidine rings is 1. The van der Waals surface area contributed by atoms with Crippen LogP contribution >= 0.6 is 0 Å². The topological polar surface area (TPSA) is 20.3 Å². The van der Waals surface area contributed by atoms with Crippen LogP contribution in [0.25, 0.3) is 0 Å². The maximum absolute atomic E-state index is 11.5. The van der Waals surface area contributed by atoms with E-state index < -0.39 is 0 Å². The third-order valence-electron chi connectivity index (χ3n) is 3.29. The van der Waals surface area contributed by atoms with Crippen molar-refractivity contribution < 1.29 is 4.79 Å². The van der Waals surface area contributed by atoms with Crippen molar-refractivity contribution in [1.82, 2.24) is 4.90 Å². The van der Waals surface area contributed by atoms with E-state index in [1.807, 2.05) is 13.8 Å². The molecule has 0 radical (unpaired) electrons. The molecule has 2 nitrogen and oxygen atoms in total. The molecule has 0 spiro atoms. The fourth-order valence-electron chi connectivity index (χ4n) is 2.11. The van der Waals surface area contributed by atoms with Crippen molar-refractivity contribution in [1.29, 1.82) is 0 Å². The standard InChI is InChI=1S/C12H23NO/c1-10(2)12(14)8-7-11-6-4-5-9-13(11)3/h10-11H,4-9H2,1-3H3. The summed E-state index contributed by atoms with van der Waals surface area (Å²) in [5, 5.41) is 0. The van der Waals surface area contributed by atoms with Gasteiger partial charge in [-0.15, -0.1) is 0 Å². The van der Waals surface area contributed by atoms with Gasteiger partial charge < -0.3 is 4.90 Å². The lowest BCUT2D eigenvalue weighted by atomic mass is 9.95. The van der Waals surface area contributed by atoms with Gasteiger partial charge in [0.2, 0.25) is 0 Å². The monoisotopic (exact) mass is 197 g/mol. The van der Waals surface area contributed by atoms with Crippen LogP contribution in [0.4, 0.5) is 0 Å². The molecule has 0 saturated carbocycles. The van der Waals surface area contributed by atoms with E-state index in [-0.39, 0.29) is 5.92 Å². The zero-order valence-electron chi connectivity index (χ0n) is 9.75. The predicted octanol–water partition coefficient (Wildman–Crippen LogP) is 2.48. The van der Waals surface area contributed by atoms with Crippen molar-refractivity contribution in [3.8, 4) is 0 Å². The van der Waals surface area contributed by atoms with Gasteiger partial charge >= 0.3 is 0 Å². The second-order valence-electron chi connectivity index (χ2n) is 4.79. The maximum atomic E-state index is 11.5. The zero-order valence-corrected chi connectivity index (χ0v) is 9.75. The summed E-state index contributed by atoms with van der Waals surface area (Å²) in [4.78, 5) is 13.9. The summed E-state index contributed by atoms with van der Waals surface area (Å²) in [6.07, 6.45) is 5.78. The molecular weight excluding hydrogens is 174 g/mol. The van der Waals surface area contributed by atoms with E-state index >= 15 is 0 Å². The molecule has 14 heavy (non-hydrogen) atoms. The van der Waals surface area contributed by atoms with Gasteiger partial charge in [-0.05, 0) is 32.9 Å². The van der Waals surface area contributed by atoms with Gasteiger partial charge in [0.1, 0.15) is 5.78 Å². The highest BCUT2D eigenvalue weighted by molar-refractivity contribution is 5.80. The molecule has 0 aliphatic carbocycles. The number of Topliss-reactive ketones (excluding diaryl/α,β-unsaturated/α-hetero) is 1. The normalized spacial score (nSPS) is 24.1. The molecule has 0 amide bonds. The third-order valence-corrected chi connectivity index (χ3v) is 3.29. The van der Waals surface area contributed by atoms with E-state index in [1.54, 1.807) is 0 Å². The Kier molecular flexibility index (Phi) is 4.59. The minimum Gasteiger partial charge on any atom is -0.303 e. The maximum Gasteiger partial charge on any atom is 0.135 e. The number of rotatable bonds is 4. The quantitative estimate of drug-likeness (QED) is 0.690. The van der Waals surface area contributed by atoms with Crippen LogP contribution in [0.3, 0.4) is 0 Å². The molecule has 0 aromatic heterocycles. The molecule has 82 valence electrons. The summed E-state index contributed by atoms with van der Waals surface area (Å²) in [6.45, 7) is 5.19. The Morgan fingerprint density at radius 3 is 2.71 bits per heavy atom. The summed E-state index contributed by atoms with van der Waals surface area (Å²) < 4.78 is 0. The molecule has 0 aromatic rings. The van der Waals surface area contributed by atoms with Gasteiger partial charge in [0.15, 0.2) is 0 Å². The lowest BCUT2D eigenvalue weighted by Crippen LogP contribution is -2.36. The molecule has 0 N–H and O–H groups in total. The first-order chi connectivity index (χ1) is 6.61. The molecule has 2 heteroatoms. The van der Waals surface area contributed by atoms with Crippen LogP contribution < -0.4 is 0 Å². The van der Waals surface area contributed by atoms with Crippen LogP contribution in [0.15, 0.2) is 0 Å². The molecular formula is C12H23NO. The summed E-state index contributed by atoms with van der Waals surface area (Å²) in [6, 6.07) is 0.659. The van der Waals surface area contributed by atoms with Gasteiger partial charge in [0.25, 0.3) is 0 Å². The van der Waals surface area contributed by atoms with Crippen LogP contribution in [-0.2, 0) is 4.79 Å². The Morgan fingerprint density at radius 2 is 2.14 bits per heavy atom. The molecule has 0 aromatic carbocycles. The SMILES string of the molecule is CC(C)C(=O)CCC1CCCCN1C. The number of likely N-dealkylation sites (tertiary alicyclic amines) is 1. The van der Waals surface area contributed by atoms with Crippen molar-refractivity contribution in [2.75, 3.05) is 13.6 Å². The Labute approximate surface area is 87.7 Å².